The highest BCUT2D eigenvalue weighted by atomic mass is 16.8. The van der Waals surface area contributed by atoms with Crippen LogP contribution < -0.4 is 9.47 Å². The molecule has 2 aromatic rings. The van der Waals surface area contributed by atoms with E-state index in [4.69, 9.17) is 33.2 Å². The number of aliphatic hydroxyl groups is 8. The number of rotatable bonds is 8. The Kier molecular flexibility index (Phi) is 10.8. The number of phenolic OH excluding ortho intramolecular Hbond substituents is 2. The summed E-state index contributed by atoms with van der Waals surface area (Å²) in [7, 11) is 0. The number of phenols is 2. The fraction of sp³-hybridized carbons (Fsp3) is 0.594. The number of ketones is 1. The predicted octanol–water partition coefficient (Wildman–Crippen LogP) is -2.70. The monoisotopic (exact) mass is 712 g/mol. The van der Waals surface area contributed by atoms with Gasteiger partial charge < -0.3 is 84.2 Å². The quantitative estimate of drug-likeness (QED) is 0.133. The molecule has 50 heavy (non-hydrogen) atoms. The second-order valence-corrected chi connectivity index (χ2v) is 12.6. The summed E-state index contributed by atoms with van der Waals surface area (Å²) in [5.41, 5.74) is 0.448. The van der Waals surface area contributed by atoms with Crippen molar-refractivity contribution in [3.63, 3.8) is 0 Å². The van der Waals surface area contributed by atoms with Crippen LogP contribution in [0.3, 0.4) is 0 Å². The Hall–Kier alpha value is -3.21. The maximum atomic E-state index is 13.0. The van der Waals surface area contributed by atoms with Gasteiger partial charge in [-0.1, -0.05) is 12.1 Å². The molecule has 0 spiro atoms. The molecular weight excluding hydrogens is 672 g/mol. The van der Waals surface area contributed by atoms with Crippen molar-refractivity contribution >= 4 is 5.78 Å². The molecule has 3 fully saturated rings. The van der Waals surface area contributed by atoms with Crippen molar-refractivity contribution < 1.29 is 89.0 Å². The lowest BCUT2D eigenvalue weighted by Gasteiger charge is -2.46. The summed E-state index contributed by atoms with van der Waals surface area (Å²) >= 11 is 0. The zero-order valence-corrected chi connectivity index (χ0v) is 26.5. The highest BCUT2D eigenvalue weighted by molar-refractivity contribution is 6.02. The lowest BCUT2D eigenvalue weighted by molar-refractivity contribution is -0.358. The Morgan fingerprint density at radius 1 is 0.780 bits per heavy atom. The smallest absolute Gasteiger partial charge is 0.229 e. The van der Waals surface area contributed by atoms with E-state index in [2.05, 4.69) is 0 Å². The summed E-state index contributed by atoms with van der Waals surface area (Å²) in [6.07, 6.45) is -23.2. The predicted molar refractivity (Wildman–Crippen MR) is 161 cm³/mol. The van der Waals surface area contributed by atoms with Crippen LogP contribution in [0.15, 0.2) is 36.4 Å². The largest absolute Gasteiger partial charge is 0.508 e. The summed E-state index contributed by atoms with van der Waals surface area (Å²) in [5, 5.41) is 104. The van der Waals surface area contributed by atoms with Crippen molar-refractivity contribution in [2.45, 2.75) is 105 Å². The van der Waals surface area contributed by atoms with Crippen LogP contribution in [0.25, 0.3) is 0 Å². The van der Waals surface area contributed by atoms with Crippen LogP contribution in [0.2, 0.25) is 0 Å². The van der Waals surface area contributed by atoms with Crippen LogP contribution in [-0.2, 0) is 23.7 Å². The van der Waals surface area contributed by atoms with E-state index < -0.39 is 110 Å². The van der Waals surface area contributed by atoms with Gasteiger partial charge >= 0.3 is 0 Å². The Morgan fingerprint density at radius 3 is 2.20 bits per heavy atom. The molecule has 4 aliphatic rings. The first-order valence-electron chi connectivity index (χ1n) is 15.9. The van der Waals surface area contributed by atoms with Crippen molar-refractivity contribution in [1.82, 2.24) is 0 Å². The number of benzene rings is 2. The van der Waals surface area contributed by atoms with E-state index in [1.165, 1.54) is 25.1 Å². The highest BCUT2D eigenvalue weighted by Crippen LogP contribution is 2.43. The van der Waals surface area contributed by atoms with Crippen molar-refractivity contribution in [2.75, 3.05) is 13.2 Å². The molecule has 15 atom stereocenters. The van der Waals surface area contributed by atoms with Gasteiger partial charge in [-0.05, 0) is 24.6 Å². The number of carbonyl (C=O) groups excluding carboxylic acids is 1. The maximum Gasteiger partial charge on any atom is 0.229 e. The first-order valence-corrected chi connectivity index (χ1v) is 15.9. The molecule has 0 aromatic heterocycles. The molecule has 18 heteroatoms. The topological polar surface area (TPSA) is 284 Å². The van der Waals surface area contributed by atoms with E-state index in [0.717, 1.165) is 6.07 Å². The first kappa shape index (κ1) is 36.6. The Labute approximate surface area is 284 Å². The lowest BCUT2D eigenvalue weighted by atomic mass is 9.95. The molecule has 2 aromatic carbocycles. The number of aromatic hydroxyl groups is 2. The number of ether oxygens (including phenoxy) is 7. The van der Waals surface area contributed by atoms with Crippen molar-refractivity contribution in [3.8, 4) is 23.0 Å². The minimum absolute atomic E-state index is 0.00927. The molecule has 18 nitrogen and oxygen atoms in total. The highest BCUT2D eigenvalue weighted by Gasteiger charge is 2.51. The molecule has 0 bridgehead atoms. The third kappa shape index (κ3) is 7.26. The van der Waals surface area contributed by atoms with E-state index in [1.54, 1.807) is 12.1 Å². The van der Waals surface area contributed by atoms with E-state index in [-0.39, 0.29) is 35.8 Å². The molecule has 4 aliphatic heterocycles. The average molecular weight is 713 g/mol. The minimum Gasteiger partial charge on any atom is -0.508 e. The van der Waals surface area contributed by atoms with Crippen LogP contribution >= 0.6 is 0 Å². The van der Waals surface area contributed by atoms with Gasteiger partial charge in [0, 0.05) is 12.1 Å². The molecule has 6 rings (SSSR count). The number of hydrogen-bond donors (Lipinski definition) is 10. The average Bonchev–Trinajstić information content (AvgIpc) is 3.08. The van der Waals surface area contributed by atoms with Crippen LogP contribution in [0, 0.1) is 0 Å². The molecule has 4 heterocycles. The van der Waals surface area contributed by atoms with Gasteiger partial charge in [0.25, 0.3) is 0 Å². The zero-order valence-electron chi connectivity index (χ0n) is 26.5. The van der Waals surface area contributed by atoms with Crippen molar-refractivity contribution in [3.05, 3.63) is 47.5 Å². The number of hydrogen-bond acceptors (Lipinski definition) is 18. The summed E-state index contributed by atoms with van der Waals surface area (Å²) < 4.78 is 40.0. The van der Waals surface area contributed by atoms with E-state index in [1.807, 2.05) is 0 Å². The van der Waals surface area contributed by atoms with E-state index in [0.29, 0.717) is 5.56 Å². The minimum atomic E-state index is -1.87. The van der Waals surface area contributed by atoms with Crippen molar-refractivity contribution in [2.24, 2.45) is 0 Å². The van der Waals surface area contributed by atoms with Gasteiger partial charge in [0.1, 0.15) is 89.6 Å². The summed E-state index contributed by atoms with van der Waals surface area (Å²) in [6.45, 7) is 0.464. The molecule has 0 saturated carbocycles. The Balaban J connectivity index is 1.25. The second kappa shape index (κ2) is 14.8. The van der Waals surface area contributed by atoms with Crippen molar-refractivity contribution in [1.29, 1.82) is 0 Å². The molecule has 276 valence electrons. The van der Waals surface area contributed by atoms with Crippen LogP contribution in [0.1, 0.15) is 35.4 Å². The number of carbonyl (C=O) groups is 1. The first-order chi connectivity index (χ1) is 23.7. The summed E-state index contributed by atoms with van der Waals surface area (Å²) in [4.78, 5) is 13.0. The van der Waals surface area contributed by atoms with Gasteiger partial charge in [0.15, 0.2) is 24.5 Å². The standard InChI is InChI=1S/C32H40O18/c1-11-22(37)25(40)28(43)31(46-11)50-29-26(41)24(39)20(10-45-30-27(42)23(38)17(36)9-44-30)49-32(29)47-14-6-15(34)21-16(35)8-18(48-19(21)7-14)12-2-4-13(33)5-3-12/h2-7,11,17-18,20,22-34,36-43H,8-10H2,1H3/t11-,17+,18?,20+,22-,23-,24+,25+,26-,27+,28+,29+,30-,31-,32+/m0/s1. The van der Waals surface area contributed by atoms with Gasteiger partial charge in [0.2, 0.25) is 6.29 Å². The van der Waals surface area contributed by atoms with Crippen LogP contribution in [0.5, 0.6) is 23.0 Å². The zero-order chi connectivity index (χ0) is 36.0. The molecule has 3 saturated heterocycles. The third-order valence-electron chi connectivity index (χ3n) is 9.11. The normalized spacial score (nSPS) is 40.5. The number of aliphatic hydroxyl groups excluding tert-OH is 8. The lowest BCUT2D eigenvalue weighted by Crippen LogP contribution is -2.65. The summed E-state index contributed by atoms with van der Waals surface area (Å²) in [5.74, 6) is -1.18. The van der Waals surface area contributed by atoms with Gasteiger partial charge in [0.05, 0.1) is 25.7 Å². The Morgan fingerprint density at radius 2 is 1.48 bits per heavy atom. The number of Topliss-reactive ketones (excluding diaryl/α,β-unsaturated/α-hetero) is 1. The van der Waals surface area contributed by atoms with Gasteiger partial charge in [-0.3, -0.25) is 4.79 Å². The van der Waals surface area contributed by atoms with E-state index in [9.17, 15) is 55.9 Å². The van der Waals surface area contributed by atoms with Gasteiger partial charge in [-0.15, -0.1) is 0 Å². The second-order valence-electron chi connectivity index (χ2n) is 12.6. The molecule has 10 N–H and O–H groups in total. The molecule has 1 unspecified atom stereocenters. The van der Waals surface area contributed by atoms with Crippen LogP contribution in [-0.4, -0.2) is 156 Å². The van der Waals surface area contributed by atoms with Crippen LogP contribution in [0.4, 0.5) is 0 Å². The van der Waals surface area contributed by atoms with Gasteiger partial charge in [-0.25, -0.2) is 0 Å². The van der Waals surface area contributed by atoms with E-state index >= 15 is 0 Å². The summed E-state index contributed by atoms with van der Waals surface area (Å²) in [6, 6.07) is 8.35. The Bertz CT molecular complexity index is 1490. The molecule has 0 radical (unpaired) electrons. The third-order valence-corrected chi connectivity index (χ3v) is 9.11. The van der Waals surface area contributed by atoms with Gasteiger partial charge in [-0.2, -0.15) is 0 Å². The fourth-order valence-corrected chi connectivity index (χ4v) is 6.17. The maximum absolute atomic E-state index is 13.0. The molecule has 0 aliphatic carbocycles. The fourth-order valence-electron chi connectivity index (χ4n) is 6.17. The molecular formula is C32H40O18. The SMILES string of the molecule is C[C@@H]1O[C@@H](O[C@H]2[C@H](Oc3cc(O)c4c(c3)OC(c3ccc(O)cc3)CC4=O)O[C@H](CO[C@@H]3OC[C@@H](O)[C@H](O)[C@H]3O)[C@@H](O)[C@@H]2O)[C@H](O)[C@H](O)[C@H]1O. The number of fused-ring (bicyclic) bond motifs is 1. The molecule has 0 amide bonds.